The average molecular weight is 217 g/mol. The minimum absolute atomic E-state index is 0.0424. The molecule has 0 saturated carbocycles. The zero-order valence-corrected chi connectivity index (χ0v) is 8.54. The smallest absolute Gasteiger partial charge is 0.245 e. The number of aromatic nitrogens is 2. The molecule has 0 atom stereocenters. The molecule has 1 aliphatic heterocycles. The second-order valence-corrected chi connectivity index (χ2v) is 3.76. The van der Waals surface area contributed by atoms with E-state index in [1.54, 1.807) is 4.57 Å². The summed E-state index contributed by atoms with van der Waals surface area (Å²) in [6, 6.07) is 7.63. The summed E-state index contributed by atoms with van der Waals surface area (Å²) < 4.78 is 2.17. The van der Waals surface area contributed by atoms with Crippen LogP contribution in [0.1, 0.15) is 0 Å². The number of amides is 1. The van der Waals surface area contributed by atoms with E-state index < -0.39 is 0 Å². The summed E-state index contributed by atoms with van der Waals surface area (Å²) in [7, 11) is 0. The van der Waals surface area contributed by atoms with E-state index in [-0.39, 0.29) is 12.5 Å². The maximum atomic E-state index is 11.3. The van der Waals surface area contributed by atoms with Crippen molar-refractivity contribution in [3.05, 3.63) is 29.0 Å². The predicted octanol–water partition coefficient (Wildman–Crippen LogP) is 1.72. The highest BCUT2D eigenvalue weighted by Crippen LogP contribution is 2.25. The Bertz CT molecular complexity index is 632. The Morgan fingerprint density at radius 1 is 1.40 bits per heavy atom. The summed E-state index contributed by atoms with van der Waals surface area (Å²) >= 11 is 5.12. The Balaban J connectivity index is 2.48. The maximum absolute atomic E-state index is 11.3. The molecule has 1 N–H and O–H groups in total. The third kappa shape index (κ3) is 1.16. The molecule has 1 aliphatic rings. The lowest BCUT2D eigenvalue weighted by Crippen LogP contribution is -2.04. The first kappa shape index (κ1) is 8.55. The molecular formula is C10H7N3OS. The second-order valence-electron chi connectivity index (χ2n) is 3.39. The predicted molar refractivity (Wildman–Crippen MR) is 59.2 cm³/mol. The highest BCUT2D eigenvalue weighted by Gasteiger charge is 2.19. The number of carbonyl (C=O) groups excluding carboxylic acids is 1. The van der Waals surface area contributed by atoms with Crippen LogP contribution in [0.3, 0.4) is 0 Å². The topological polar surface area (TPSA) is 46.9 Å². The van der Waals surface area contributed by atoms with Crippen LogP contribution in [0.2, 0.25) is 0 Å². The van der Waals surface area contributed by atoms with Crippen molar-refractivity contribution in [3.63, 3.8) is 0 Å². The number of benzene rings is 1. The number of fused-ring (bicyclic) bond motifs is 3. The van der Waals surface area contributed by atoms with Crippen molar-refractivity contribution in [2.75, 3.05) is 5.32 Å². The van der Waals surface area contributed by atoms with E-state index in [9.17, 15) is 4.79 Å². The third-order valence-corrected chi connectivity index (χ3v) is 2.75. The number of para-hydroxylation sites is 1. The third-order valence-electron chi connectivity index (χ3n) is 2.44. The van der Waals surface area contributed by atoms with Gasteiger partial charge in [0.05, 0.1) is 5.52 Å². The Morgan fingerprint density at radius 2 is 2.20 bits per heavy atom. The van der Waals surface area contributed by atoms with Crippen LogP contribution in [0.25, 0.3) is 10.9 Å². The molecular weight excluding hydrogens is 210 g/mol. The van der Waals surface area contributed by atoms with E-state index in [1.165, 1.54) is 0 Å². The van der Waals surface area contributed by atoms with E-state index in [4.69, 9.17) is 12.2 Å². The van der Waals surface area contributed by atoms with Gasteiger partial charge in [0.1, 0.15) is 12.4 Å². The molecule has 2 heterocycles. The summed E-state index contributed by atoms with van der Waals surface area (Å²) in [4.78, 5) is 15.6. The summed E-state index contributed by atoms with van der Waals surface area (Å²) in [5, 5.41) is 3.73. The first-order chi connectivity index (χ1) is 7.25. The summed E-state index contributed by atoms with van der Waals surface area (Å²) in [5.74, 6) is 0.717. The summed E-state index contributed by atoms with van der Waals surface area (Å²) in [6.07, 6.45) is 0. The van der Waals surface area contributed by atoms with Crippen molar-refractivity contribution in [2.45, 2.75) is 6.54 Å². The van der Waals surface area contributed by atoms with Gasteiger partial charge in [0.25, 0.3) is 0 Å². The van der Waals surface area contributed by atoms with Gasteiger partial charge in [0.2, 0.25) is 10.7 Å². The van der Waals surface area contributed by atoms with Crippen LogP contribution in [0.15, 0.2) is 24.3 Å². The summed E-state index contributed by atoms with van der Waals surface area (Å²) in [5.41, 5.74) is 0.816. The van der Waals surface area contributed by atoms with Gasteiger partial charge < -0.3 is 5.32 Å². The van der Waals surface area contributed by atoms with Gasteiger partial charge in [0.15, 0.2) is 0 Å². The Hall–Kier alpha value is -1.75. The van der Waals surface area contributed by atoms with E-state index >= 15 is 0 Å². The average Bonchev–Trinajstić information content (AvgIpc) is 2.61. The lowest BCUT2D eigenvalue weighted by atomic mass is 10.2. The minimum atomic E-state index is -0.0424. The quantitative estimate of drug-likeness (QED) is 0.683. The standard InChI is InChI=1S/C10H7N3OS/c14-8-5-13-9(12-8)6-3-1-2-4-7(6)11-10(13)15/h1-4H,5H2,(H,12,14). The number of nitrogens with zero attached hydrogens (tertiary/aromatic N) is 2. The molecule has 0 aliphatic carbocycles. The summed E-state index contributed by atoms with van der Waals surface area (Å²) in [6.45, 7) is 0.270. The van der Waals surface area contributed by atoms with E-state index in [0.717, 1.165) is 16.7 Å². The number of anilines is 1. The van der Waals surface area contributed by atoms with Crippen LogP contribution in [0, 0.1) is 4.77 Å². The Morgan fingerprint density at radius 3 is 3.07 bits per heavy atom. The van der Waals surface area contributed by atoms with Gasteiger partial charge in [-0.15, -0.1) is 0 Å². The van der Waals surface area contributed by atoms with Crippen molar-refractivity contribution in [1.29, 1.82) is 0 Å². The number of carbonyl (C=O) groups is 1. The van der Waals surface area contributed by atoms with Crippen molar-refractivity contribution < 1.29 is 4.79 Å². The largest absolute Gasteiger partial charge is 0.310 e. The van der Waals surface area contributed by atoms with Crippen molar-refractivity contribution in [3.8, 4) is 0 Å². The van der Waals surface area contributed by atoms with Crippen LogP contribution in [0.4, 0.5) is 5.82 Å². The molecule has 0 fully saturated rings. The molecule has 1 amide bonds. The zero-order chi connectivity index (χ0) is 10.4. The molecule has 74 valence electrons. The number of hydrogen-bond donors (Lipinski definition) is 1. The van der Waals surface area contributed by atoms with Gasteiger partial charge in [-0.05, 0) is 24.4 Å². The zero-order valence-electron chi connectivity index (χ0n) is 7.73. The fourth-order valence-corrected chi connectivity index (χ4v) is 2.03. The molecule has 15 heavy (non-hydrogen) atoms. The number of hydrogen-bond acceptors (Lipinski definition) is 3. The highest BCUT2D eigenvalue weighted by atomic mass is 32.1. The van der Waals surface area contributed by atoms with Crippen LogP contribution in [0.5, 0.6) is 0 Å². The normalized spacial score (nSPS) is 14.0. The van der Waals surface area contributed by atoms with Gasteiger partial charge in [-0.2, -0.15) is 0 Å². The molecule has 0 radical (unpaired) electrons. The maximum Gasteiger partial charge on any atom is 0.245 e. The van der Waals surface area contributed by atoms with Gasteiger partial charge in [-0.1, -0.05) is 12.1 Å². The molecule has 1 aromatic carbocycles. The molecule has 1 aromatic heterocycles. The van der Waals surface area contributed by atoms with Gasteiger partial charge in [-0.3, -0.25) is 9.36 Å². The SMILES string of the molecule is O=C1Cn2c(c3ccccc3nc2=S)N1. The fraction of sp³-hybridized carbons (Fsp3) is 0.100. The van der Waals surface area contributed by atoms with Gasteiger partial charge >= 0.3 is 0 Å². The van der Waals surface area contributed by atoms with Crippen LogP contribution in [-0.2, 0) is 11.3 Å². The first-order valence-electron chi connectivity index (χ1n) is 4.55. The van der Waals surface area contributed by atoms with Crippen LogP contribution < -0.4 is 5.32 Å². The molecule has 4 nitrogen and oxygen atoms in total. The van der Waals surface area contributed by atoms with Crippen molar-refractivity contribution >= 4 is 34.8 Å². The number of rotatable bonds is 0. The molecule has 5 heteroatoms. The van der Waals surface area contributed by atoms with Crippen molar-refractivity contribution in [1.82, 2.24) is 9.55 Å². The lowest BCUT2D eigenvalue weighted by Gasteiger charge is -2.05. The van der Waals surface area contributed by atoms with Crippen molar-refractivity contribution in [2.24, 2.45) is 0 Å². The molecule has 3 rings (SSSR count). The second kappa shape index (κ2) is 2.87. The fourth-order valence-electron chi connectivity index (χ4n) is 1.77. The highest BCUT2D eigenvalue weighted by molar-refractivity contribution is 7.71. The van der Waals surface area contributed by atoms with Crippen LogP contribution >= 0.6 is 12.2 Å². The Labute approximate surface area is 90.6 Å². The molecule has 2 aromatic rings. The van der Waals surface area contributed by atoms with Crippen LogP contribution in [-0.4, -0.2) is 15.5 Å². The van der Waals surface area contributed by atoms with E-state index in [2.05, 4.69) is 10.3 Å². The number of nitrogens with one attached hydrogen (secondary N) is 1. The van der Waals surface area contributed by atoms with E-state index in [0.29, 0.717) is 4.77 Å². The van der Waals surface area contributed by atoms with Gasteiger partial charge in [0, 0.05) is 5.39 Å². The van der Waals surface area contributed by atoms with Gasteiger partial charge in [-0.25, -0.2) is 4.98 Å². The van der Waals surface area contributed by atoms with E-state index in [1.807, 2.05) is 24.3 Å². The Kier molecular flexibility index (Phi) is 1.63. The minimum Gasteiger partial charge on any atom is -0.310 e. The molecule has 0 saturated heterocycles. The molecule has 0 spiro atoms. The lowest BCUT2D eigenvalue weighted by molar-refractivity contribution is -0.115. The molecule has 0 unspecified atom stereocenters. The molecule has 0 bridgehead atoms. The monoisotopic (exact) mass is 217 g/mol. The first-order valence-corrected chi connectivity index (χ1v) is 4.96.